The number of alkyl halides is 1. The maximum Gasteiger partial charge on any atom is 0.250 e. The molecule has 0 aromatic heterocycles. The second-order valence-corrected chi connectivity index (χ2v) is 4.66. The molecular weight excluding hydrogens is 286 g/mol. The predicted molar refractivity (Wildman–Crippen MR) is 66.3 cm³/mol. The second kappa shape index (κ2) is 4.50. The molecule has 1 aliphatic heterocycles. The summed E-state index contributed by atoms with van der Waals surface area (Å²) in [5, 5.41) is 13.0. The first-order chi connectivity index (χ1) is 8.08. The molecule has 1 aromatic carbocycles. The van der Waals surface area contributed by atoms with E-state index < -0.39 is 10.6 Å². The maximum atomic E-state index is 11.3. The van der Waals surface area contributed by atoms with Crippen molar-refractivity contribution in [2.24, 2.45) is 0 Å². The zero-order valence-corrected chi connectivity index (χ0v) is 10.8. The molecule has 17 heavy (non-hydrogen) atoms. The topological polar surface area (TPSA) is 58.6 Å². The molecule has 2 rings (SSSR count). The Kier molecular flexibility index (Phi) is 3.22. The van der Waals surface area contributed by atoms with Crippen LogP contribution in [0.2, 0.25) is 0 Å². The monoisotopic (exact) mass is 297 g/mol. The van der Waals surface area contributed by atoms with Gasteiger partial charge in [0.15, 0.2) is 5.76 Å². The first-order valence-corrected chi connectivity index (χ1v) is 5.99. The number of amides is 1. The van der Waals surface area contributed by atoms with Crippen LogP contribution in [0.4, 0.5) is 0 Å². The highest BCUT2D eigenvalue weighted by Gasteiger charge is 2.46. The van der Waals surface area contributed by atoms with Crippen LogP contribution in [-0.4, -0.2) is 23.8 Å². The van der Waals surface area contributed by atoms with Gasteiger partial charge in [-0.15, -0.1) is 0 Å². The summed E-state index contributed by atoms with van der Waals surface area (Å²) in [4.78, 5) is 10.8. The number of ether oxygens (including phenoxy) is 1. The van der Waals surface area contributed by atoms with E-state index in [1.165, 1.54) is 13.2 Å². The average molecular weight is 298 g/mol. The fourth-order valence-electron chi connectivity index (χ4n) is 1.78. The van der Waals surface area contributed by atoms with Gasteiger partial charge in [-0.1, -0.05) is 46.3 Å². The summed E-state index contributed by atoms with van der Waals surface area (Å²) in [6.45, 7) is 0. The number of carbonyl (C=O) groups is 1. The Morgan fingerprint density at radius 3 is 2.65 bits per heavy atom. The molecule has 1 aromatic rings. The van der Waals surface area contributed by atoms with Gasteiger partial charge in [0.1, 0.15) is 0 Å². The summed E-state index contributed by atoms with van der Waals surface area (Å²) in [5.41, 5.74) is -0.701. The van der Waals surface area contributed by atoms with Crippen molar-refractivity contribution in [3.8, 4) is 0 Å². The molecule has 0 aliphatic carbocycles. The van der Waals surface area contributed by atoms with E-state index >= 15 is 0 Å². The first-order valence-electron chi connectivity index (χ1n) is 5.07. The van der Waals surface area contributed by atoms with Crippen LogP contribution in [0.5, 0.6) is 0 Å². The van der Waals surface area contributed by atoms with Crippen molar-refractivity contribution >= 4 is 21.8 Å². The van der Waals surface area contributed by atoms with E-state index in [0.29, 0.717) is 0 Å². The molecule has 0 saturated heterocycles. The number of nitrogens with one attached hydrogen (secondary N) is 1. The summed E-state index contributed by atoms with van der Waals surface area (Å²) in [5.74, 6) is -0.169. The number of methoxy groups -OCH3 is 1. The zero-order chi connectivity index (χ0) is 12.5. The lowest BCUT2D eigenvalue weighted by molar-refractivity contribution is -0.120. The Hall–Kier alpha value is -1.33. The van der Waals surface area contributed by atoms with Gasteiger partial charge in [-0.05, 0) is 5.56 Å². The smallest absolute Gasteiger partial charge is 0.250 e. The summed E-state index contributed by atoms with van der Waals surface area (Å²) >= 11 is 3.39. The number of hydrogen-bond acceptors (Lipinski definition) is 3. The maximum absolute atomic E-state index is 11.3. The van der Waals surface area contributed by atoms with Gasteiger partial charge in [0.05, 0.1) is 11.9 Å². The van der Waals surface area contributed by atoms with Crippen LogP contribution >= 0.6 is 15.9 Å². The zero-order valence-electron chi connectivity index (χ0n) is 9.18. The lowest BCUT2D eigenvalue weighted by Gasteiger charge is -2.30. The molecule has 1 amide bonds. The van der Waals surface area contributed by atoms with Gasteiger partial charge in [-0.2, -0.15) is 0 Å². The molecule has 90 valence electrons. The van der Waals surface area contributed by atoms with E-state index in [9.17, 15) is 9.90 Å². The Morgan fingerprint density at radius 1 is 1.41 bits per heavy atom. The van der Waals surface area contributed by atoms with Crippen LogP contribution in [0, 0.1) is 0 Å². The highest BCUT2D eigenvalue weighted by molar-refractivity contribution is 9.09. The molecule has 0 fully saturated rings. The first kappa shape index (κ1) is 12.1. The molecule has 0 spiro atoms. The number of aliphatic hydroxyl groups is 1. The molecule has 4 nitrogen and oxygen atoms in total. The van der Waals surface area contributed by atoms with Crippen LogP contribution in [0.3, 0.4) is 0 Å². The summed E-state index contributed by atoms with van der Waals surface area (Å²) in [6.07, 6.45) is 1.25. The third kappa shape index (κ3) is 2.08. The molecule has 2 N–H and O–H groups in total. The van der Waals surface area contributed by atoms with E-state index in [-0.39, 0.29) is 11.7 Å². The van der Waals surface area contributed by atoms with Crippen LogP contribution in [0.25, 0.3) is 0 Å². The highest BCUT2D eigenvalue weighted by atomic mass is 79.9. The van der Waals surface area contributed by atoms with Gasteiger partial charge in [-0.3, -0.25) is 4.79 Å². The predicted octanol–water partition coefficient (Wildman–Crippen LogP) is 1.47. The third-order valence-corrected chi connectivity index (χ3v) is 3.82. The molecule has 1 unspecified atom stereocenters. The number of hydrogen-bond donors (Lipinski definition) is 2. The molecule has 1 aliphatic rings. The van der Waals surface area contributed by atoms with Crippen molar-refractivity contribution in [1.29, 1.82) is 0 Å². The fraction of sp³-hybridized carbons (Fsp3) is 0.250. The summed E-state index contributed by atoms with van der Waals surface area (Å²) < 4.78 is 5.04. The van der Waals surface area contributed by atoms with Gasteiger partial charge in [0, 0.05) is 6.08 Å². The molecule has 2 atom stereocenters. The number of rotatable bonds is 3. The van der Waals surface area contributed by atoms with Gasteiger partial charge in [0.25, 0.3) is 0 Å². The van der Waals surface area contributed by atoms with Crippen LogP contribution in [0.15, 0.2) is 42.2 Å². The van der Waals surface area contributed by atoms with E-state index in [0.717, 1.165) is 5.56 Å². The average Bonchev–Trinajstić information content (AvgIpc) is 2.65. The van der Waals surface area contributed by atoms with Crippen molar-refractivity contribution in [3.63, 3.8) is 0 Å². The molecule has 5 heteroatoms. The van der Waals surface area contributed by atoms with Crippen molar-refractivity contribution in [3.05, 3.63) is 47.7 Å². The van der Waals surface area contributed by atoms with Crippen LogP contribution in [-0.2, 0) is 9.53 Å². The minimum Gasteiger partial charge on any atom is -0.496 e. The van der Waals surface area contributed by atoms with Crippen molar-refractivity contribution in [2.75, 3.05) is 7.11 Å². The minimum atomic E-state index is -1.55. The molecular formula is C12H12BrNO3. The van der Waals surface area contributed by atoms with E-state index in [1.807, 2.05) is 30.3 Å². The van der Waals surface area contributed by atoms with E-state index in [4.69, 9.17) is 4.74 Å². The van der Waals surface area contributed by atoms with Crippen LogP contribution in [0.1, 0.15) is 10.4 Å². The van der Waals surface area contributed by atoms with E-state index in [1.54, 1.807) is 0 Å². The second-order valence-electron chi connectivity index (χ2n) is 3.74. The number of benzene rings is 1. The highest BCUT2D eigenvalue weighted by Crippen LogP contribution is 2.39. The van der Waals surface area contributed by atoms with Gasteiger partial charge >= 0.3 is 0 Å². The van der Waals surface area contributed by atoms with Crippen molar-refractivity contribution in [1.82, 2.24) is 5.32 Å². The Balaban J connectivity index is 2.34. The van der Waals surface area contributed by atoms with Crippen molar-refractivity contribution in [2.45, 2.75) is 10.6 Å². The Bertz CT molecular complexity index is 460. The van der Waals surface area contributed by atoms with Gasteiger partial charge < -0.3 is 15.2 Å². The summed E-state index contributed by atoms with van der Waals surface area (Å²) in [7, 11) is 1.42. The summed E-state index contributed by atoms with van der Waals surface area (Å²) in [6, 6.07) is 9.32. The number of halogens is 1. The SMILES string of the molecule is COC1=CC(=O)N[C@@]1(O)C(Br)c1ccccc1. The number of carbonyl (C=O) groups excluding carboxylic acids is 1. The van der Waals surface area contributed by atoms with Crippen LogP contribution < -0.4 is 5.32 Å². The molecule has 0 bridgehead atoms. The largest absolute Gasteiger partial charge is 0.496 e. The van der Waals surface area contributed by atoms with Gasteiger partial charge in [0.2, 0.25) is 11.6 Å². The normalized spacial score (nSPS) is 25.1. The molecule has 0 saturated carbocycles. The lowest BCUT2D eigenvalue weighted by Crippen LogP contribution is -2.48. The van der Waals surface area contributed by atoms with Crippen molar-refractivity contribution < 1.29 is 14.6 Å². The minimum absolute atomic E-state index is 0.202. The third-order valence-electron chi connectivity index (χ3n) is 2.63. The standard InChI is InChI=1S/C12H12BrNO3/c1-17-9-7-10(15)14-12(9,16)11(13)8-5-3-2-4-6-8/h2-7,11,16H,1H3,(H,14,15)/t11?,12-/m0/s1. The molecule has 0 radical (unpaired) electrons. The Morgan fingerprint density at radius 2 is 2.06 bits per heavy atom. The van der Waals surface area contributed by atoms with E-state index in [2.05, 4.69) is 21.2 Å². The Labute approximate surface area is 107 Å². The van der Waals surface area contributed by atoms with Gasteiger partial charge in [-0.25, -0.2) is 0 Å². The quantitative estimate of drug-likeness (QED) is 0.831. The fourth-order valence-corrected chi connectivity index (χ4v) is 2.43. The lowest BCUT2D eigenvalue weighted by atomic mass is 10.0. The molecule has 1 heterocycles.